The molecule has 0 bridgehead atoms. The molecule has 0 aliphatic heterocycles. The van der Waals surface area contributed by atoms with E-state index in [-0.39, 0.29) is 5.92 Å². The van der Waals surface area contributed by atoms with Crippen molar-refractivity contribution in [2.75, 3.05) is 26.2 Å². The molecule has 0 fully saturated rings. The lowest BCUT2D eigenvalue weighted by Gasteiger charge is -2.30. The molecule has 1 atom stereocenters. The smallest absolute Gasteiger partial charge is 0.167 e. The lowest BCUT2D eigenvalue weighted by atomic mass is 9.96. The summed E-state index contributed by atoms with van der Waals surface area (Å²) in [4.78, 5) is 2.51. The van der Waals surface area contributed by atoms with E-state index in [1.54, 1.807) is 0 Å². The first-order valence-electron chi connectivity index (χ1n) is 9.15. The van der Waals surface area contributed by atoms with E-state index in [1.165, 1.54) is 5.56 Å². The number of benzene rings is 1. The summed E-state index contributed by atoms with van der Waals surface area (Å²) in [5.74, 6) is 0.181. The molecule has 1 aromatic rings. The molecule has 0 radical (unpaired) electrons. The Morgan fingerprint density at radius 3 is 2.25 bits per heavy atom. The maximum atomic E-state index is 5.61. The molecule has 0 heterocycles. The first kappa shape index (κ1) is 21.1. The fraction of sp³-hybridized carbons (Fsp3) is 0.650. The third-order valence-electron chi connectivity index (χ3n) is 4.26. The van der Waals surface area contributed by atoms with E-state index < -0.39 is 0 Å². The summed E-state index contributed by atoms with van der Waals surface area (Å²) >= 11 is 5.49. The van der Waals surface area contributed by atoms with E-state index in [2.05, 4.69) is 62.2 Å². The van der Waals surface area contributed by atoms with E-state index in [1.807, 2.05) is 13.0 Å². The summed E-state index contributed by atoms with van der Waals surface area (Å²) in [5, 5.41) is 4.27. The van der Waals surface area contributed by atoms with Gasteiger partial charge in [0.1, 0.15) is 0 Å². The average molecular weight is 351 g/mol. The Morgan fingerprint density at radius 1 is 1.08 bits per heavy atom. The standard InChI is InChI=1S/C20H34N2OS/c1-6-23-20(24)19(18-10-8-7-9-11-18)12-13-21-14-15-22(16(2)3)17(4)5/h7-11,16-17,19,21H,6,12-15H2,1-5H3. The highest BCUT2D eigenvalue weighted by Crippen LogP contribution is 2.22. The zero-order valence-electron chi connectivity index (χ0n) is 15.9. The second-order valence-electron chi connectivity index (χ2n) is 6.68. The van der Waals surface area contributed by atoms with Gasteiger partial charge in [0, 0.05) is 25.2 Å². The van der Waals surface area contributed by atoms with Crippen molar-refractivity contribution in [3.8, 4) is 0 Å². The summed E-state index contributed by atoms with van der Waals surface area (Å²) < 4.78 is 5.61. The maximum Gasteiger partial charge on any atom is 0.167 e. The Labute approximate surface area is 153 Å². The van der Waals surface area contributed by atoms with Crippen LogP contribution in [0.3, 0.4) is 0 Å². The van der Waals surface area contributed by atoms with Crippen LogP contribution in [-0.4, -0.2) is 48.3 Å². The molecule has 24 heavy (non-hydrogen) atoms. The normalized spacial score (nSPS) is 12.8. The summed E-state index contributed by atoms with van der Waals surface area (Å²) in [7, 11) is 0. The van der Waals surface area contributed by atoms with Crippen molar-refractivity contribution in [2.24, 2.45) is 0 Å². The molecule has 0 spiro atoms. The van der Waals surface area contributed by atoms with Crippen molar-refractivity contribution < 1.29 is 4.74 Å². The highest BCUT2D eigenvalue weighted by molar-refractivity contribution is 7.80. The molecule has 0 aliphatic rings. The third-order valence-corrected chi connectivity index (χ3v) is 4.66. The van der Waals surface area contributed by atoms with E-state index >= 15 is 0 Å². The van der Waals surface area contributed by atoms with Gasteiger partial charge in [-0.15, -0.1) is 0 Å². The van der Waals surface area contributed by atoms with Crippen molar-refractivity contribution in [1.82, 2.24) is 10.2 Å². The predicted molar refractivity (Wildman–Crippen MR) is 108 cm³/mol. The van der Waals surface area contributed by atoms with Crippen LogP contribution in [0.4, 0.5) is 0 Å². The number of thiocarbonyl (C=S) groups is 1. The van der Waals surface area contributed by atoms with Gasteiger partial charge < -0.3 is 10.1 Å². The minimum absolute atomic E-state index is 0.181. The highest BCUT2D eigenvalue weighted by atomic mass is 32.1. The lowest BCUT2D eigenvalue weighted by molar-refractivity contribution is 0.176. The number of nitrogens with zero attached hydrogens (tertiary/aromatic N) is 1. The topological polar surface area (TPSA) is 24.5 Å². The van der Waals surface area contributed by atoms with Crippen LogP contribution in [-0.2, 0) is 4.74 Å². The Balaban J connectivity index is 2.47. The first-order chi connectivity index (χ1) is 11.5. The number of hydrogen-bond acceptors (Lipinski definition) is 4. The molecule has 0 aliphatic carbocycles. The Morgan fingerprint density at radius 2 is 1.71 bits per heavy atom. The van der Waals surface area contributed by atoms with Crippen molar-refractivity contribution in [3.63, 3.8) is 0 Å². The molecule has 0 saturated carbocycles. The monoisotopic (exact) mass is 350 g/mol. The Kier molecular flexibility index (Phi) is 10.2. The molecule has 0 amide bonds. The van der Waals surface area contributed by atoms with Crippen LogP contribution in [0.25, 0.3) is 0 Å². The van der Waals surface area contributed by atoms with E-state index in [9.17, 15) is 0 Å². The van der Waals surface area contributed by atoms with Crippen LogP contribution in [0.2, 0.25) is 0 Å². The van der Waals surface area contributed by atoms with Gasteiger partial charge >= 0.3 is 0 Å². The largest absolute Gasteiger partial charge is 0.487 e. The van der Waals surface area contributed by atoms with Gasteiger partial charge in [-0.05, 0) is 65.4 Å². The average Bonchev–Trinajstić information content (AvgIpc) is 2.54. The van der Waals surface area contributed by atoms with Gasteiger partial charge in [-0.25, -0.2) is 0 Å². The van der Waals surface area contributed by atoms with Crippen LogP contribution in [0, 0.1) is 0 Å². The molecule has 1 unspecified atom stereocenters. The zero-order valence-corrected chi connectivity index (χ0v) is 16.7. The number of hydrogen-bond donors (Lipinski definition) is 1. The minimum atomic E-state index is 0.181. The summed E-state index contributed by atoms with van der Waals surface area (Å²) in [6.07, 6.45) is 0.964. The van der Waals surface area contributed by atoms with E-state index in [0.717, 1.165) is 26.1 Å². The van der Waals surface area contributed by atoms with Gasteiger partial charge in [0.2, 0.25) is 0 Å². The molecule has 0 aromatic heterocycles. The number of nitrogens with one attached hydrogen (secondary N) is 1. The third kappa shape index (κ3) is 7.29. The quantitative estimate of drug-likeness (QED) is 0.477. The van der Waals surface area contributed by atoms with Gasteiger partial charge in [0.25, 0.3) is 0 Å². The van der Waals surface area contributed by atoms with Crippen LogP contribution in [0.1, 0.15) is 52.5 Å². The molecular weight excluding hydrogens is 316 g/mol. The predicted octanol–water partition coefficient (Wildman–Crippen LogP) is 4.23. The van der Waals surface area contributed by atoms with Crippen LogP contribution >= 0.6 is 12.2 Å². The van der Waals surface area contributed by atoms with Crippen molar-refractivity contribution in [3.05, 3.63) is 35.9 Å². The second kappa shape index (κ2) is 11.6. The first-order valence-corrected chi connectivity index (χ1v) is 9.56. The summed E-state index contributed by atoms with van der Waals surface area (Å²) in [6, 6.07) is 11.6. The second-order valence-corrected chi connectivity index (χ2v) is 7.08. The minimum Gasteiger partial charge on any atom is -0.487 e. The van der Waals surface area contributed by atoms with Gasteiger partial charge in [-0.1, -0.05) is 30.3 Å². The lowest BCUT2D eigenvalue weighted by Crippen LogP contribution is -2.41. The van der Waals surface area contributed by atoms with Crippen molar-refractivity contribution >= 4 is 17.3 Å². The summed E-state index contributed by atoms with van der Waals surface area (Å²) in [5.41, 5.74) is 1.24. The van der Waals surface area contributed by atoms with Crippen molar-refractivity contribution in [1.29, 1.82) is 0 Å². The molecule has 1 aromatic carbocycles. The van der Waals surface area contributed by atoms with Crippen LogP contribution in [0.15, 0.2) is 30.3 Å². The maximum absolute atomic E-state index is 5.61. The Bertz CT molecular complexity index is 454. The van der Waals surface area contributed by atoms with E-state index in [0.29, 0.717) is 23.7 Å². The Hall–Kier alpha value is -0.970. The SMILES string of the molecule is CCOC(=S)C(CCNCCN(C(C)C)C(C)C)c1ccccc1. The molecule has 0 saturated heterocycles. The van der Waals surface area contributed by atoms with Crippen LogP contribution in [0.5, 0.6) is 0 Å². The highest BCUT2D eigenvalue weighted by Gasteiger charge is 2.18. The van der Waals surface area contributed by atoms with E-state index in [4.69, 9.17) is 17.0 Å². The summed E-state index contributed by atoms with van der Waals surface area (Å²) in [6.45, 7) is 14.7. The van der Waals surface area contributed by atoms with Crippen molar-refractivity contribution in [2.45, 2.75) is 59.0 Å². The molecule has 1 rings (SSSR count). The molecule has 1 N–H and O–H groups in total. The van der Waals surface area contributed by atoms with Gasteiger partial charge in [0.05, 0.1) is 12.5 Å². The zero-order chi connectivity index (χ0) is 17.9. The fourth-order valence-corrected chi connectivity index (χ4v) is 3.41. The van der Waals surface area contributed by atoms with Crippen LogP contribution < -0.4 is 5.32 Å². The van der Waals surface area contributed by atoms with Gasteiger partial charge in [0.15, 0.2) is 5.05 Å². The number of rotatable bonds is 11. The van der Waals surface area contributed by atoms with Gasteiger partial charge in [-0.2, -0.15) is 0 Å². The fourth-order valence-electron chi connectivity index (χ4n) is 3.04. The van der Waals surface area contributed by atoms with Gasteiger partial charge in [-0.3, -0.25) is 4.90 Å². The molecule has 3 nitrogen and oxygen atoms in total. The number of ether oxygens (including phenoxy) is 1. The molecule has 136 valence electrons. The molecular formula is C20H34N2OS. The molecule has 4 heteroatoms.